The number of phenols is 1. The summed E-state index contributed by atoms with van der Waals surface area (Å²) in [5, 5.41) is 30.6. The van der Waals surface area contributed by atoms with E-state index in [4.69, 9.17) is 19.9 Å². The molecule has 1 unspecified atom stereocenters. The summed E-state index contributed by atoms with van der Waals surface area (Å²) in [6.45, 7) is 3.52. The van der Waals surface area contributed by atoms with Crippen LogP contribution in [0.5, 0.6) is 11.5 Å². The number of aromatic hydroxyl groups is 1. The number of benzene rings is 2. The molecule has 1 aliphatic heterocycles. The van der Waals surface area contributed by atoms with Crippen molar-refractivity contribution in [2.24, 2.45) is 5.73 Å². The standard InChI is InChI=1S/C24H31NO7/c1-24(2)22(30-3)20(28)21(29)23(32-24)31-17-12-9-14(5-4-6-19(25)27)18(13-17)15-7-10-16(26)11-8-15/h7-13,20-23,26,28-29H,4-6H2,1-3H3,(H2,25,27)/t20-,21+,22+,23?/m0/s1. The third-order valence-electron chi connectivity index (χ3n) is 5.68. The van der Waals surface area contributed by atoms with Crippen LogP contribution < -0.4 is 10.5 Å². The van der Waals surface area contributed by atoms with Gasteiger partial charge in [0.25, 0.3) is 0 Å². The van der Waals surface area contributed by atoms with E-state index in [1.807, 2.05) is 12.1 Å². The number of nitrogens with two attached hydrogens (primary N) is 1. The molecule has 2 aromatic rings. The quantitative estimate of drug-likeness (QED) is 0.489. The number of amides is 1. The minimum absolute atomic E-state index is 0.152. The topological polar surface area (TPSA) is 131 Å². The van der Waals surface area contributed by atoms with Gasteiger partial charge in [0, 0.05) is 13.5 Å². The van der Waals surface area contributed by atoms with Gasteiger partial charge in [-0.15, -0.1) is 0 Å². The number of carbonyl (C=O) groups is 1. The fourth-order valence-electron chi connectivity index (χ4n) is 4.05. The number of aliphatic hydroxyl groups excluding tert-OH is 2. The Morgan fingerprint density at radius 2 is 1.81 bits per heavy atom. The molecule has 0 aromatic heterocycles. The van der Waals surface area contributed by atoms with Gasteiger partial charge in [-0.3, -0.25) is 4.79 Å². The van der Waals surface area contributed by atoms with Crippen molar-refractivity contribution in [3.63, 3.8) is 0 Å². The molecule has 32 heavy (non-hydrogen) atoms. The number of hydrogen-bond acceptors (Lipinski definition) is 7. The van der Waals surface area contributed by atoms with Crippen LogP contribution in [0.2, 0.25) is 0 Å². The highest BCUT2D eigenvalue weighted by Crippen LogP contribution is 2.35. The van der Waals surface area contributed by atoms with Gasteiger partial charge in [0.05, 0.1) is 5.60 Å². The Morgan fingerprint density at radius 3 is 2.44 bits per heavy atom. The molecule has 8 heteroatoms. The van der Waals surface area contributed by atoms with E-state index in [0.29, 0.717) is 18.6 Å². The van der Waals surface area contributed by atoms with E-state index < -0.39 is 30.2 Å². The summed E-state index contributed by atoms with van der Waals surface area (Å²) in [6.07, 6.45) is -2.79. The van der Waals surface area contributed by atoms with Crippen molar-refractivity contribution in [2.45, 2.75) is 63.3 Å². The van der Waals surface area contributed by atoms with E-state index in [0.717, 1.165) is 16.7 Å². The number of primary amides is 1. The Kier molecular flexibility index (Phi) is 7.40. The summed E-state index contributed by atoms with van der Waals surface area (Å²) in [5.41, 5.74) is 7.07. The monoisotopic (exact) mass is 445 g/mol. The van der Waals surface area contributed by atoms with Crippen LogP contribution in [0.1, 0.15) is 32.3 Å². The lowest BCUT2D eigenvalue weighted by atomic mass is 9.89. The van der Waals surface area contributed by atoms with Crippen LogP contribution in [0.4, 0.5) is 0 Å². The van der Waals surface area contributed by atoms with E-state index in [1.165, 1.54) is 7.11 Å². The van der Waals surface area contributed by atoms with E-state index in [1.54, 1.807) is 44.2 Å². The Morgan fingerprint density at radius 1 is 1.12 bits per heavy atom. The molecule has 1 amide bonds. The zero-order valence-corrected chi connectivity index (χ0v) is 18.5. The van der Waals surface area contributed by atoms with Gasteiger partial charge in [-0.1, -0.05) is 18.2 Å². The summed E-state index contributed by atoms with van der Waals surface area (Å²) in [5.74, 6) is 0.240. The third-order valence-corrected chi connectivity index (χ3v) is 5.68. The highest BCUT2D eigenvalue weighted by Gasteiger charge is 2.50. The summed E-state index contributed by atoms with van der Waals surface area (Å²) in [4.78, 5) is 11.1. The van der Waals surface area contributed by atoms with Gasteiger partial charge < -0.3 is 35.3 Å². The number of methoxy groups -OCH3 is 1. The van der Waals surface area contributed by atoms with Gasteiger partial charge >= 0.3 is 0 Å². The maximum absolute atomic E-state index is 11.1. The highest BCUT2D eigenvalue weighted by molar-refractivity contribution is 5.74. The van der Waals surface area contributed by atoms with Crippen LogP contribution in [0.15, 0.2) is 42.5 Å². The molecule has 1 fully saturated rings. The van der Waals surface area contributed by atoms with E-state index in [9.17, 15) is 20.1 Å². The third kappa shape index (κ3) is 5.39. The second-order valence-corrected chi connectivity index (χ2v) is 8.53. The fraction of sp³-hybridized carbons (Fsp3) is 0.458. The van der Waals surface area contributed by atoms with Crippen molar-refractivity contribution >= 4 is 5.91 Å². The Balaban J connectivity index is 1.88. The molecule has 2 aromatic carbocycles. The first-order valence-corrected chi connectivity index (χ1v) is 10.6. The van der Waals surface area contributed by atoms with Crippen LogP contribution in [-0.2, 0) is 20.7 Å². The van der Waals surface area contributed by atoms with Crippen LogP contribution in [-0.4, -0.2) is 58.5 Å². The number of hydrogen-bond donors (Lipinski definition) is 4. The van der Waals surface area contributed by atoms with Gasteiger partial charge in [-0.05, 0) is 67.6 Å². The second kappa shape index (κ2) is 9.87. The van der Waals surface area contributed by atoms with Crippen molar-refractivity contribution in [1.82, 2.24) is 0 Å². The number of carbonyl (C=O) groups excluding carboxylic acids is 1. The first kappa shape index (κ1) is 24.0. The first-order chi connectivity index (χ1) is 15.1. The lowest BCUT2D eigenvalue weighted by Crippen LogP contribution is -2.63. The Bertz CT molecular complexity index is 928. The van der Waals surface area contributed by atoms with E-state index >= 15 is 0 Å². The predicted molar refractivity (Wildman–Crippen MR) is 118 cm³/mol. The minimum Gasteiger partial charge on any atom is -0.508 e. The fourth-order valence-corrected chi connectivity index (χ4v) is 4.05. The molecule has 0 saturated carbocycles. The number of aliphatic hydroxyl groups is 2. The van der Waals surface area contributed by atoms with Crippen molar-refractivity contribution in [2.75, 3.05) is 7.11 Å². The molecule has 3 rings (SSSR count). The van der Waals surface area contributed by atoms with Crippen LogP contribution in [0, 0.1) is 0 Å². The van der Waals surface area contributed by atoms with Gasteiger partial charge in [0.2, 0.25) is 12.2 Å². The van der Waals surface area contributed by atoms with Gasteiger partial charge in [-0.2, -0.15) is 0 Å². The zero-order valence-electron chi connectivity index (χ0n) is 18.5. The maximum Gasteiger partial charge on any atom is 0.229 e. The molecule has 1 saturated heterocycles. The van der Waals surface area contributed by atoms with Crippen LogP contribution in [0.3, 0.4) is 0 Å². The number of rotatable bonds is 8. The van der Waals surface area contributed by atoms with E-state index in [2.05, 4.69) is 0 Å². The largest absolute Gasteiger partial charge is 0.508 e. The van der Waals surface area contributed by atoms with Crippen molar-refractivity contribution in [1.29, 1.82) is 0 Å². The SMILES string of the molecule is CO[C@@H]1[C@@H](O)[C@@H](O)C(Oc2ccc(CCCC(N)=O)c(-c3ccc(O)cc3)c2)OC1(C)C. The molecule has 1 heterocycles. The Hall–Kier alpha value is -2.65. The average molecular weight is 446 g/mol. The van der Waals surface area contributed by atoms with Gasteiger partial charge in [-0.25, -0.2) is 0 Å². The molecule has 1 aliphatic rings. The summed E-state index contributed by atoms with van der Waals surface area (Å²) in [7, 11) is 1.45. The summed E-state index contributed by atoms with van der Waals surface area (Å²) >= 11 is 0. The lowest BCUT2D eigenvalue weighted by Gasteiger charge is -2.46. The average Bonchev–Trinajstić information content (AvgIpc) is 2.73. The summed E-state index contributed by atoms with van der Waals surface area (Å²) < 4.78 is 17.1. The molecule has 174 valence electrons. The first-order valence-electron chi connectivity index (χ1n) is 10.6. The van der Waals surface area contributed by atoms with Crippen molar-refractivity contribution < 1.29 is 34.3 Å². The minimum atomic E-state index is -1.31. The van der Waals surface area contributed by atoms with Crippen molar-refractivity contribution in [3.05, 3.63) is 48.0 Å². The Labute approximate surface area is 187 Å². The normalized spacial score (nSPS) is 24.8. The lowest BCUT2D eigenvalue weighted by molar-refractivity contribution is -0.305. The van der Waals surface area contributed by atoms with Crippen LogP contribution >= 0.6 is 0 Å². The molecular formula is C24H31NO7. The molecule has 0 spiro atoms. The molecule has 0 bridgehead atoms. The van der Waals surface area contributed by atoms with E-state index in [-0.39, 0.29) is 18.1 Å². The number of aryl methyl sites for hydroxylation is 1. The smallest absolute Gasteiger partial charge is 0.229 e. The number of ether oxygens (including phenoxy) is 3. The van der Waals surface area contributed by atoms with Gasteiger partial charge in [0.1, 0.15) is 29.8 Å². The summed E-state index contributed by atoms with van der Waals surface area (Å²) in [6, 6.07) is 12.2. The molecule has 8 nitrogen and oxygen atoms in total. The molecule has 0 radical (unpaired) electrons. The zero-order chi connectivity index (χ0) is 23.5. The predicted octanol–water partition coefficient (Wildman–Crippen LogP) is 2.12. The molecule has 0 aliphatic carbocycles. The van der Waals surface area contributed by atoms with Gasteiger partial charge in [0.15, 0.2) is 0 Å². The number of phenolic OH excluding ortho intramolecular Hbond substituents is 1. The second-order valence-electron chi connectivity index (χ2n) is 8.53. The van der Waals surface area contributed by atoms with Crippen molar-refractivity contribution in [3.8, 4) is 22.6 Å². The maximum atomic E-state index is 11.1. The highest BCUT2D eigenvalue weighted by atomic mass is 16.7. The molecule has 4 atom stereocenters. The molecular weight excluding hydrogens is 414 g/mol. The van der Waals surface area contributed by atoms with Crippen LogP contribution in [0.25, 0.3) is 11.1 Å². The molecule has 5 N–H and O–H groups in total.